The summed E-state index contributed by atoms with van der Waals surface area (Å²) < 4.78 is 5.45. The minimum absolute atomic E-state index is 0.266. The third-order valence-corrected chi connectivity index (χ3v) is 2.44. The van der Waals surface area contributed by atoms with Gasteiger partial charge in [-0.05, 0) is 43.6 Å². The SMILES string of the molecule is CCOc1cccc(-c2cc(C)nc(Cl)n2)c1. The Morgan fingerprint density at radius 2 is 2.06 bits per heavy atom. The summed E-state index contributed by atoms with van der Waals surface area (Å²) in [4.78, 5) is 8.25. The lowest BCUT2D eigenvalue weighted by Gasteiger charge is -2.06. The molecule has 0 fully saturated rings. The number of benzene rings is 1. The summed E-state index contributed by atoms with van der Waals surface area (Å²) in [6, 6.07) is 9.67. The summed E-state index contributed by atoms with van der Waals surface area (Å²) in [7, 11) is 0. The van der Waals surface area contributed by atoms with Gasteiger partial charge in [0.2, 0.25) is 5.28 Å². The van der Waals surface area contributed by atoms with Crippen molar-refractivity contribution < 1.29 is 4.74 Å². The largest absolute Gasteiger partial charge is 0.494 e. The van der Waals surface area contributed by atoms with Crippen molar-refractivity contribution in [1.82, 2.24) is 9.97 Å². The number of hydrogen-bond donors (Lipinski definition) is 0. The predicted molar refractivity (Wildman–Crippen MR) is 68.4 cm³/mol. The summed E-state index contributed by atoms with van der Waals surface area (Å²) in [5, 5.41) is 0.266. The molecule has 1 heterocycles. The van der Waals surface area contributed by atoms with Gasteiger partial charge in [0.25, 0.3) is 0 Å². The minimum Gasteiger partial charge on any atom is -0.494 e. The van der Waals surface area contributed by atoms with E-state index >= 15 is 0 Å². The van der Waals surface area contributed by atoms with Gasteiger partial charge in [-0.15, -0.1) is 0 Å². The Labute approximate surface area is 105 Å². The number of hydrogen-bond acceptors (Lipinski definition) is 3. The monoisotopic (exact) mass is 248 g/mol. The quantitative estimate of drug-likeness (QED) is 0.780. The van der Waals surface area contributed by atoms with Crippen LogP contribution in [0.3, 0.4) is 0 Å². The first-order valence-electron chi connectivity index (χ1n) is 5.43. The highest BCUT2D eigenvalue weighted by molar-refractivity contribution is 6.28. The van der Waals surface area contributed by atoms with E-state index in [0.717, 1.165) is 22.7 Å². The molecule has 0 radical (unpaired) electrons. The summed E-state index contributed by atoms with van der Waals surface area (Å²) in [5.41, 5.74) is 2.63. The Kier molecular flexibility index (Phi) is 3.59. The molecule has 1 aromatic carbocycles. The van der Waals surface area contributed by atoms with Crippen molar-refractivity contribution in [2.24, 2.45) is 0 Å². The second-order valence-corrected chi connectivity index (χ2v) is 3.96. The maximum atomic E-state index is 5.85. The molecular weight excluding hydrogens is 236 g/mol. The Bertz CT molecular complexity index is 508. The van der Waals surface area contributed by atoms with E-state index < -0.39 is 0 Å². The van der Waals surface area contributed by atoms with E-state index in [4.69, 9.17) is 16.3 Å². The Morgan fingerprint density at radius 1 is 1.24 bits per heavy atom. The maximum Gasteiger partial charge on any atom is 0.223 e. The number of nitrogens with zero attached hydrogens (tertiary/aromatic N) is 2. The van der Waals surface area contributed by atoms with Crippen molar-refractivity contribution in [3.63, 3.8) is 0 Å². The van der Waals surface area contributed by atoms with Gasteiger partial charge in [0.05, 0.1) is 12.3 Å². The molecule has 0 saturated carbocycles. The van der Waals surface area contributed by atoms with Crippen LogP contribution in [-0.2, 0) is 0 Å². The zero-order valence-electron chi connectivity index (χ0n) is 9.77. The van der Waals surface area contributed by atoms with Gasteiger partial charge in [-0.25, -0.2) is 9.97 Å². The molecule has 0 spiro atoms. The average Bonchev–Trinajstić information content (AvgIpc) is 2.28. The van der Waals surface area contributed by atoms with Gasteiger partial charge in [0.1, 0.15) is 5.75 Å². The van der Waals surface area contributed by atoms with Gasteiger partial charge in [0, 0.05) is 11.3 Å². The van der Waals surface area contributed by atoms with Crippen LogP contribution in [-0.4, -0.2) is 16.6 Å². The van der Waals surface area contributed by atoms with E-state index in [1.54, 1.807) is 0 Å². The number of rotatable bonds is 3. The highest BCUT2D eigenvalue weighted by atomic mass is 35.5. The number of aromatic nitrogens is 2. The highest BCUT2D eigenvalue weighted by Gasteiger charge is 2.04. The summed E-state index contributed by atoms with van der Waals surface area (Å²) >= 11 is 5.85. The standard InChI is InChI=1S/C13H13ClN2O/c1-3-17-11-6-4-5-10(8-11)12-7-9(2)15-13(14)16-12/h4-8H,3H2,1-2H3. The third kappa shape index (κ3) is 2.94. The Morgan fingerprint density at radius 3 is 2.76 bits per heavy atom. The van der Waals surface area contributed by atoms with Crippen molar-refractivity contribution in [2.75, 3.05) is 6.61 Å². The average molecular weight is 249 g/mol. The minimum atomic E-state index is 0.266. The van der Waals surface area contributed by atoms with Gasteiger partial charge in [-0.1, -0.05) is 12.1 Å². The van der Waals surface area contributed by atoms with E-state index in [0.29, 0.717) is 6.61 Å². The van der Waals surface area contributed by atoms with Crippen molar-refractivity contribution in [1.29, 1.82) is 0 Å². The maximum absolute atomic E-state index is 5.85. The molecule has 88 valence electrons. The second-order valence-electron chi connectivity index (χ2n) is 3.62. The van der Waals surface area contributed by atoms with Crippen molar-refractivity contribution in [3.05, 3.63) is 41.3 Å². The molecule has 0 aliphatic rings. The fraction of sp³-hybridized carbons (Fsp3) is 0.231. The van der Waals surface area contributed by atoms with Gasteiger partial charge in [-0.2, -0.15) is 0 Å². The first-order chi connectivity index (χ1) is 8.19. The molecule has 0 amide bonds. The van der Waals surface area contributed by atoms with Gasteiger partial charge in [-0.3, -0.25) is 0 Å². The van der Waals surface area contributed by atoms with Crippen LogP contribution < -0.4 is 4.74 Å². The first kappa shape index (κ1) is 11.9. The van der Waals surface area contributed by atoms with E-state index in [2.05, 4.69) is 9.97 Å². The second kappa shape index (κ2) is 5.15. The molecule has 4 heteroatoms. The van der Waals surface area contributed by atoms with E-state index in [9.17, 15) is 0 Å². The molecule has 2 aromatic rings. The lowest BCUT2D eigenvalue weighted by atomic mass is 10.1. The van der Waals surface area contributed by atoms with Crippen LogP contribution in [0.25, 0.3) is 11.3 Å². The lowest BCUT2D eigenvalue weighted by Crippen LogP contribution is -1.93. The van der Waals surface area contributed by atoms with Crippen molar-refractivity contribution in [2.45, 2.75) is 13.8 Å². The summed E-state index contributed by atoms with van der Waals surface area (Å²) in [6.45, 7) is 4.49. The molecule has 0 aliphatic heterocycles. The molecule has 0 saturated heterocycles. The van der Waals surface area contributed by atoms with Gasteiger partial charge in [0.15, 0.2) is 0 Å². The van der Waals surface area contributed by atoms with E-state index in [1.165, 1.54) is 0 Å². The smallest absolute Gasteiger partial charge is 0.223 e. The Hall–Kier alpha value is -1.61. The first-order valence-corrected chi connectivity index (χ1v) is 5.81. The molecule has 0 atom stereocenters. The number of ether oxygens (including phenoxy) is 1. The zero-order chi connectivity index (χ0) is 12.3. The fourth-order valence-electron chi connectivity index (χ4n) is 1.59. The van der Waals surface area contributed by atoms with Crippen LogP contribution >= 0.6 is 11.6 Å². The number of halogens is 1. The predicted octanol–water partition coefficient (Wildman–Crippen LogP) is 3.50. The summed E-state index contributed by atoms with van der Waals surface area (Å²) in [5.74, 6) is 0.831. The lowest BCUT2D eigenvalue weighted by molar-refractivity contribution is 0.340. The molecule has 0 bridgehead atoms. The molecule has 0 unspecified atom stereocenters. The van der Waals surface area contributed by atoms with Crippen LogP contribution in [0.15, 0.2) is 30.3 Å². The van der Waals surface area contributed by atoms with Crippen LogP contribution in [0.2, 0.25) is 5.28 Å². The molecule has 3 nitrogen and oxygen atoms in total. The third-order valence-electron chi connectivity index (χ3n) is 2.27. The molecule has 2 rings (SSSR count). The number of aryl methyl sites for hydroxylation is 1. The highest BCUT2D eigenvalue weighted by Crippen LogP contribution is 2.23. The molecule has 1 aromatic heterocycles. The molecule has 17 heavy (non-hydrogen) atoms. The van der Waals surface area contributed by atoms with E-state index in [1.807, 2.05) is 44.2 Å². The fourth-order valence-corrected chi connectivity index (χ4v) is 1.82. The van der Waals surface area contributed by atoms with Crippen LogP contribution in [0, 0.1) is 6.92 Å². The van der Waals surface area contributed by atoms with Crippen LogP contribution in [0.5, 0.6) is 5.75 Å². The van der Waals surface area contributed by atoms with Crippen LogP contribution in [0.1, 0.15) is 12.6 Å². The van der Waals surface area contributed by atoms with Crippen molar-refractivity contribution in [3.8, 4) is 17.0 Å². The van der Waals surface area contributed by atoms with Crippen LogP contribution in [0.4, 0.5) is 0 Å². The topological polar surface area (TPSA) is 35.0 Å². The summed E-state index contributed by atoms with van der Waals surface area (Å²) in [6.07, 6.45) is 0. The van der Waals surface area contributed by atoms with Gasteiger partial charge < -0.3 is 4.74 Å². The molecular formula is C13H13ClN2O. The Balaban J connectivity index is 2.41. The molecule has 0 aliphatic carbocycles. The normalized spacial score (nSPS) is 10.3. The van der Waals surface area contributed by atoms with E-state index in [-0.39, 0.29) is 5.28 Å². The zero-order valence-corrected chi connectivity index (χ0v) is 10.5. The molecule has 0 N–H and O–H groups in total. The van der Waals surface area contributed by atoms with Crippen molar-refractivity contribution >= 4 is 11.6 Å². The van der Waals surface area contributed by atoms with Gasteiger partial charge >= 0.3 is 0 Å².